The molecule has 0 fully saturated rings. The lowest BCUT2D eigenvalue weighted by Crippen LogP contribution is -2.00. The maximum absolute atomic E-state index is 6.57. The molecule has 2 bridgehead atoms. The van der Waals surface area contributed by atoms with Gasteiger partial charge in [0.05, 0.1) is 0 Å². The molecule has 0 spiro atoms. The molecular formula is C34H20O. The quantitative estimate of drug-likeness (QED) is 0.167. The van der Waals surface area contributed by atoms with Crippen LogP contribution in [0.15, 0.2) is 109 Å². The summed E-state index contributed by atoms with van der Waals surface area (Å²) in [5.74, 6) is 0. The van der Waals surface area contributed by atoms with Gasteiger partial charge in [-0.3, -0.25) is 0 Å². The Hall–Kier alpha value is -4.20. The minimum Gasteiger partial charge on any atom is -0.357 e. The molecule has 162 valence electrons. The van der Waals surface area contributed by atoms with Crippen LogP contribution in [0.3, 0.4) is 0 Å². The number of benzene rings is 7. The first-order valence-electron chi connectivity index (χ1n) is 12.4. The molecule has 7 aromatic rings. The minimum atomic E-state index is 0.0108. The largest absolute Gasteiger partial charge is 0.357 e. The van der Waals surface area contributed by atoms with Crippen LogP contribution in [0.25, 0.3) is 64.6 Å². The first kappa shape index (κ1) is 18.2. The summed E-state index contributed by atoms with van der Waals surface area (Å²) in [6, 6.07) is 35.7. The van der Waals surface area contributed by atoms with Gasteiger partial charge in [0.15, 0.2) is 0 Å². The lowest BCUT2D eigenvalue weighted by molar-refractivity contribution is 0.0888. The Morgan fingerprint density at radius 3 is 0.971 bits per heavy atom. The Morgan fingerprint density at radius 2 is 0.629 bits per heavy atom. The van der Waals surface area contributed by atoms with Gasteiger partial charge >= 0.3 is 0 Å². The Morgan fingerprint density at radius 1 is 0.343 bits per heavy atom. The highest BCUT2D eigenvalue weighted by molar-refractivity contribution is 6.40. The van der Waals surface area contributed by atoms with Crippen LogP contribution < -0.4 is 0 Å². The molecule has 2 aliphatic rings. The van der Waals surface area contributed by atoms with E-state index in [1.54, 1.807) is 0 Å². The summed E-state index contributed by atoms with van der Waals surface area (Å²) in [5, 5.41) is 16.0. The lowest BCUT2D eigenvalue weighted by atomic mass is 9.79. The van der Waals surface area contributed by atoms with Crippen molar-refractivity contribution >= 4 is 64.6 Å². The highest BCUT2D eigenvalue weighted by atomic mass is 16.5. The Kier molecular flexibility index (Phi) is 3.25. The molecular weight excluding hydrogens is 424 g/mol. The molecule has 1 nitrogen and oxygen atoms in total. The fourth-order valence-corrected chi connectivity index (χ4v) is 7.00. The number of fused-ring (bicyclic) bond motifs is 20. The summed E-state index contributed by atoms with van der Waals surface area (Å²) >= 11 is 0. The van der Waals surface area contributed by atoms with Gasteiger partial charge in [0, 0.05) is 0 Å². The molecule has 0 aliphatic carbocycles. The molecule has 0 unspecified atom stereocenters. The summed E-state index contributed by atoms with van der Waals surface area (Å²) in [4.78, 5) is 0. The maximum Gasteiger partial charge on any atom is 0.103 e. The molecule has 2 heterocycles. The van der Waals surface area contributed by atoms with Gasteiger partial charge in [-0.15, -0.1) is 0 Å². The topological polar surface area (TPSA) is 9.23 Å². The van der Waals surface area contributed by atoms with Gasteiger partial charge < -0.3 is 4.74 Å². The van der Waals surface area contributed by atoms with Crippen molar-refractivity contribution in [1.82, 2.24) is 0 Å². The van der Waals surface area contributed by atoms with Gasteiger partial charge in [0.25, 0.3) is 0 Å². The van der Waals surface area contributed by atoms with Crippen molar-refractivity contribution in [2.75, 3.05) is 0 Å². The van der Waals surface area contributed by atoms with E-state index < -0.39 is 0 Å². The smallest absolute Gasteiger partial charge is 0.103 e. The number of hydrogen-bond donors (Lipinski definition) is 0. The van der Waals surface area contributed by atoms with Crippen LogP contribution in [0, 0.1) is 0 Å². The third-order valence-corrected chi connectivity index (χ3v) is 8.27. The molecule has 0 aromatic heterocycles. The summed E-state index contributed by atoms with van der Waals surface area (Å²) in [7, 11) is 0. The lowest BCUT2D eigenvalue weighted by Gasteiger charge is -2.22. The van der Waals surface area contributed by atoms with E-state index in [0.29, 0.717) is 0 Å². The highest BCUT2D eigenvalue weighted by Crippen LogP contribution is 2.57. The van der Waals surface area contributed by atoms with Crippen LogP contribution in [0.1, 0.15) is 23.3 Å². The second kappa shape index (κ2) is 6.27. The van der Waals surface area contributed by atoms with Crippen LogP contribution in [0.4, 0.5) is 0 Å². The van der Waals surface area contributed by atoms with Crippen molar-refractivity contribution in [3.05, 3.63) is 120 Å². The predicted molar refractivity (Wildman–Crippen MR) is 147 cm³/mol. The summed E-state index contributed by atoms with van der Waals surface area (Å²) in [6.45, 7) is 0. The van der Waals surface area contributed by atoms with Crippen molar-refractivity contribution in [2.45, 2.75) is 12.2 Å². The molecule has 2 aliphatic heterocycles. The summed E-state index contributed by atoms with van der Waals surface area (Å²) < 4.78 is 6.57. The van der Waals surface area contributed by atoms with Gasteiger partial charge in [0.1, 0.15) is 12.2 Å². The fourth-order valence-electron chi connectivity index (χ4n) is 7.00. The van der Waals surface area contributed by atoms with E-state index in [9.17, 15) is 0 Å². The third kappa shape index (κ3) is 2.10. The second-order valence-electron chi connectivity index (χ2n) is 9.87. The van der Waals surface area contributed by atoms with Gasteiger partial charge in [-0.1, -0.05) is 109 Å². The van der Waals surface area contributed by atoms with Crippen LogP contribution >= 0.6 is 0 Å². The van der Waals surface area contributed by atoms with E-state index in [0.717, 1.165) is 0 Å². The van der Waals surface area contributed by atoms with E-state index in [-0.39, 0.29) is 12.2 Å². The number of hydrogen-bond acceptors (Lipinski definition) is 1. The van der Waals surface area contributed by atoms with E-state index in [1.807, 2.05) is 0 Å². The highest BCUT2D eigenvalue weighted by Gasteiger charge is 2.38. The standard InChI is InChI=1S/C34H20O/c1-5-13-23-19(9-1)21-11-3-7-15-25(21)31-29(23)30-24-14-6-2-10-20(24)22-12-4-8-16-26(22)32(30)34-28-18-17-27(35-28)33(31)34/h1-18,27-28H/t27-,28+. The van der Waals surface area contributed by atoms with Crippen LogP contribution in [0.5, 0.6) is 0 Å². The van der Waals surface area contributed by atoms with Crippen molar-refractivity contribution in [3.63, 3.8) is 0 Å². The van der Waals surface area contributed by atoms with E-state index in [1.165, 1.54) is 75.8 Å². The molecule has 2 atom stereocenters. The molecule has 0 saturated carbocycles. The molecule has 0 N–H and O–H groups in total. The zero-order chi connectivity index (χ0) is 22.7. The Bertz CT molecular complexity index is 1950. The van der Waals surface area contributed by atoms with Crippen LogP contribution in [-0.4, -0.2) is 0 Å². The first-order valence-corrected chi connectivity index (χ1v) is 12.4. The average molecular weight is 445 g/mol. The third-order valence-electron chi connectivity index (χ3n) is 8.27. The van der Waals surface area contributed by atoms with Gasteiger partial charge in [-0.05, 0) is 75.8 Å². The molecule has 0 amide bonds. The second-order valence-corrected chi connectivity index (χ2v) is 9.87. The van der Waals surface area contributed by atoms with Gasteiger partial charge in [0.2, 0.25) is 0 Å². The Balaban J connectivity index is 1.76. The first-order chi connectivity index (χ1) is 17.4. The van der Waals surface area contributed by atoms with Crippen molar-refractivity contribution < 1.29 is 4.74 Å². The van der Waals surface area contributed by atoms with Gasteiger partial charge in [-0.25, -0.2) is 0 Å². The molecule has 0 radical (unpaired) electrons. The molecule has 9 rings (SSSR count). The molecule has 0 saturated heterocycles. The molecule has 35 heavy (non-hydrogen) atoms. The minimum absolute atomic E-state index is 0.0108. The van der Waals surface area contributed by atoms with Gasteiger partial charge in [-0.2, -0.15) is 0 Å². The van der Waals surface area contributed by atoms with Crippen molar-refractivity contribution in [3.8, 4) is 0 Å². The number of rotatable bonds is 0. The zero-order valence-electron chi connectivity index (χ0n) is 19.0. The van der Waals surface area contributed by atoms with Crippen molar-refractivity contribution in [2.24, 2.45) is 0 Å². The summed E-state index contributed by atoms with van der Waals surface area (Å²) in [5.41, 5.74) is 2.73. The van der Waals surface area contributed by atoms with Crippen LogP contribution in [-0.2, 0) is 4.74 Å². The predicted octanol–water partition coefficient (Wildman–Crippen LogP) is 9.29. The maximum atomic E-state index is 6.57. The van der Waals surface area contributed by atoms with E-state index in [2.05, 4.69) is 109 Å². The SMILES string of the molecule is C1=C[C@H]2O[C@@H]1c1c2c2c3ccccc3c3ccccc3c2c2c3ccccc3c3ccccc3c12. The monoisotopic (exact) mass is 444 g/mol. The summed E-state index contributed by atoms with van der Waals surface area (Å²) in [6.07, 6.45) is 4.53. The number of ether oxygens (including phenoxy) is 1. The van der Waals surface area contributed by atoms with Crippen LogP contribution in [0.2, 0.25) is 0 Å². The van der Waals surface area contributed by atoms with E-state index in [4.69, 9.17) is 4.74 Å². The normalized spacial score (nSPS) is 18.6. The molecule has 7 aromatic carbocycles. The van der Waals surface area contributed by atoms with E-state index >= 15 is 0 Å². The average Bonchev–Trinajstić information content (AvgIpc) is 3.55. The van der Waals surface area contributed by atoms with Crippen molar-refractivity contribution in [1.29, 1.82) is 0 Å². The zero-order valence-corrected chi connectivity index (χ0v) is 19.0. The Labute approximate surface area is 201 Å². The molecule has 1 heteroatoms. The fraction of sp³-hybridized carbons (Fsp3) is 0.0588.